The minimum Gasteiger partial charge on any atom is -0.391 e. The third-order valence-corrected chi connectivity index (χ3v) is 3.71. The molecule has 0 aromatic heterocycles. The van der Waals surface area contributed by atoms with Crippen molar-refractivity contribution in [2.24, 2.45) is 0 Å². The largest absolute Gasteiger partial charge is 0.391 e. The lowest BCUT2D eigenvalue weighted by Crippen LogP contribution is -2.33. The lowest BCUT2D eigenvalue weighted by Gasteiger charge is -2.21. The quantitative estimate of drug-likeness (QED) is 0.740. The van der Waals surface area contributed by atoms with Gasteiger partial charge in [0, 0.05) is 17.2 Å². The van der Waals surface area contributed by atoms with E-state index < -0.39 is 0 Å². The van der Waals surface area contributed by atoms with E-state index in [2.05, 4.69) is 30.9 Å². The summed E-state index contributed by atoms with van der Waals surface area (Å²) in [7, 11) is 0. The van der Waals surface area contributed by atoms with Crippen LogP contribution in [0.2, 0.25) is 0 Å². The summed E-state index contributed by atoms with van der Waals surface area (Å²) in [5, 5.41) is 9.88. The molecule has 1 unspecified atom stereocenters. The highest BCUT2D eigenvalue weighted by molar-refractivity contribution is 7.99. The fourth-order valence-corrected chi connectivity index (χ4v) is 2.38. The molecule has 0 aliphatic rings. The molecular weight excluding hydrogens is 218 g/mol. The summed E-state index contributed by atoms with van der Waals surface area (Å²) in [4.78, 5) is 3.47. The van der Waals surface area contributed by atoms with Crippen molar-refractivity contribution in [3.63, 3.8) is 0 Å². The van der Waals surface area contributed by atoms with E-state index >= 15 is 0 Å². The monoisotopic (exact) mass is 239 g/mol. The van der Waals surface area contributed by atoms with Gasteiger partial charge in [-0.3, -0.25) is 0 Å². The average molecular weight is 239 g/mol. The zero-order valence-corrected chi connectivity index (χ0v) is 10.9. The molecular formula is C13H21NOS. The van der Waals surface area contributed by atoms with Crippen LogP contribution in [0.4, 0.5) is 0 Å². The van der Waals surface area contributed by atoms with E-state index in [1.54, 1.807) is 11.8 Å². The maximum absolute atomic E-state index is 9.88. The number of aliphatic hydroxyl groups is 1. The maximum atomic E-state index is 9.88. The van der Waals surface area contributed by atoms with Gasteiger partial charge in [-0.1, -0.05) is 32.0 Å². The molecule has 0 radical (unpaired) electrons. The molecule has 0 fully saturated rings. The number of hydrogen-bond acceptors (Lipinski definition) is 3. The molecule has 0 saturated carbocycles. The normalized spacial score (nSPS) is 13.0. The molecule has 0 spiro atoms. The van der Waals surface area contributed by atoms with Gasteiger partial charge < -0.3 is 10.0 Å². The summed E-state index contributed by atoms with van der Waals surface area (Å²) in [6, 6.07) is 10.2. The van der Waals surface area contributed by atoms with Crippen molar-refractivity contribution < 1.29 is 5.11 Å². The van der Waals surface area contributed by atoms with Gasteiger partial charge in [0.05, 0.1) is 6.10 Å². The molecule has 1 aromatic carbocycles. The Morgan fingerprint density at radius 2 is 1.81 bits per heavy atom. The summed E-state index contributed by atoms with van der Waals surface area (Å²) < 4.78 is 0. The second-order valence-electron chi connectivity index (χ2n) is 3.76. The average Bonchev–Trinajstić information content (AvgIpc) is 2.34. The lowest BCUT2D eigenvalue weighted by molar-refractivity contribution is 0.137. The van der Waals surface area contributed by atoms with E-state index in [4.69, 9.17) is 0 Å². The predicted octanol–water partition coefficient (Wildman–Crippen LogP) is 2.48. The molecule has 1 atom stereocenters. The van der Waals surface area contributed by atoms with Gasteiger partial charge in [-0.15, -0.1) is 11.8 Å². The van der Waals surface area contributed by atoms with E-state index in [0.717, 1.165) is 25.4 Å². The third-order valence-electron chi connectivity index (χ3n) is 2.55. The molecule has 3 heteroatoms. The standard InChI is InChI=1S/C13H21NOS/c1-3-14(4-2)10-12(15)11-16-13-8-6-5-7-9-13/h5-9,12,15H,3-4,10-11H2,1-2H3. The van der Waals surface area contributed by atoms with Crippen LogP contribution < -0.4 is 0 Å². The Labute approximate surface area is 103 Å². The summed E-state index contributed by atoms with van der Waals surface area (Å²) >= 11 is 1.71. The summed E-state index contributed by atoms with van der Waals surface area (Å²) in [6.07, 6.45) is -0.245. The first-order valence-corrected chi connectivity index (χ1v) is 6.83. The van der Waals surface area contributed by atoms with Crippen molar-refractivity contribution in [2.45, 2.75) is 24.8 Å². The molecule has 0 aliphatic carbocycles. The topological polar surface area (TPSA) is 23.5 Å². The molecule has 1 aromatic rings. The first kappa shape index (κ1) is 13.6. The van der Waals surface area contributed by atoms with Crippen molar-refractivity contribution in [3.8, 4) is 0 Å². The molecule has 2 nitrogen and oxygen atoms in total. The van der Waals surface area contributed by atoms with Gasteiger partial charge >= 0.3 is 0 Å². The van der Waals surface area contributed by atoms with Gasteiger partial charge in [-0.05, 0) is 25.2 Å². The molecule has 0 saturated heterocycles. The molecule has 1 N–H and O–H groups in total. The van der Waals surface area contributed by atoms with Crippen LogP contribution in [0.25, 0.3) is 0 Å². The highest BCUT2D eigenvalue weighted by atomic mass is 32.2. The molecule has 90 valence electrons. The highest BCUT2D eigenvalue weighted by Gasteiger charge is 2.08. The van der Waals surface area contributed by atoms with E-state index in [9.17, 15) is 5.11 Å². The zero-order chi connectivity index (χ0) is 11.8. The van der Waals surface area contributed by atoms with Crippen LogP contribution in [0.3, 0.4) is 0 Å². The summed E-state index contributed by atoms with van der Waals surface area (Å²) in [6.45, 7) is 7.03. The van der Waals surface area contributed by atoms with E-state index in [1.165, 1.54) is 4.90 Å². The van der Waals surface area contributed by atoms with Gasteiger partial charge in [-0.2, -0.15) is 0 Å². The molecule has 16 heavy (non-hydrogen) atoms. The Hall–Kier alpha value is -0.510. The number of likely N-dealkylation sites (N-methyl/N-ethyl adjacent to an activating group) is 1. The second-order valence-corrected chi connectivity index (χ2v) is 4.86. The number of thioether (sulfide) groups is 1. The van der Waals surface area contributed by atoms with Crippen LogP contribution in [0.1, 0.15) is 13.8 Å². The van der Waals surface area contributed by atoms with E-state index in [0.29, 0.717) is 0 Å². The van der Waals surface area contributed by atoms with Crippen molar-refractivity contribution in [1.29, 1.82) is 0 Å². The Kier molecular flexibility index (Phi) is 6.53. The van der Waals surface area contributed by atoms with Gasteiger partial charge in [-0.25, -0.2) is 0 Å². The number of rotatable bonds is 7. The van der Waals surface area contributed by atoms with Gasteiger partial charge in [0.25, 0.3) is 0 Å². The second kappa shape index (κ2) is 7.71. The first-order chi connectivity index (χ1) is 7.76. The van der Waals surface area contributed by atoms with E-state index in [-0.39, 0.29) is 6.10 Å². The van der Waals surface area contributed by atoms with Crippen molar-refractivity contribution >= 4 is 11.8 Å². The van der Waals surface area contributed by atoms with Crippen LogP contribution in [0.5, 0.6) is 0 Å². The Morgan fingerprint density at radius 1 is 1.19 bits per heavy atom. The first-order valence-electron chi connectivity index (χ1n) is 5.84. The van der Waals surface area contributed by atoms with Crippen molar-refractivity contribution in [3.05, 3.63) is 30.3 Å². The van der Waals surface area contributed by atoms with Gasteiger partial charge in [0.2, 0.25) is 0 Å². The highest BCUT2D eigenvalue weighted by Crippen LogP contribution is 2.18. The van der Waals surface area contributed by atoms with Gasteiger partial charge in [0.15, 0.2) is 0 Å². The summed E-state index contributed by atoms with van der Waals surface area (Å²) in [5.41, 5.74) is 0. The number of benzene rings is 1. The van der Waals surface area contributed by atoms with Crippen molar-refractivity contribution in [1.82, 2.24) is 4.90 Å². The van der Waals surface area contributed by atoms with Crippen LogP contribution in [0, 0.1) is 0 Å². The number of hydrogen-bond donors (Lipinski definition) is 1. The molecule has 0 heterocycles. The Balaban J connectivity index is 2.27. The molecule has 0 aliphatic heterocycles. The third kappa shape index (κ3) is 5.01. The Morgan fingerprint density at radius 3 is 2.38 bits per heavy atom. The smallest absolute Gasteiger partial charge is 0.0760 e. The minimum atomic E-state index is -0.245. The molecule has 0 amide bonds. The fraction of sp³-hybridized carbons (Fsp3) is 0.538. The van der Waals surface area contributed by atoms with Crippen molar-refractivity contribution in [2.75, 3.05) is 25.4 Å². The molecule has 0 bridgehead atoms. The number of nitrogens with zero attached hydrogens (tertiary/aromatic N) is 1. The van der Waals surface area contributed by atoms with E-state index in [1.807, 2.05) is 18.2 Å². The zero-order valence-electron chi connectivity index (χ0n) is 10.1. The van der Waals surface area contributed by atoms with Crippen LogP contribution in [-0.2, 0) is 0 Å². The maximum Gasteiger partial charge on any atom is 0.0760 e. The predicted molar refractivity (Wildman–Crippen MR) is 71.0 cm³/mol. The summed E-state index contributed by atoms with van der Waals surface area (Å²) in [5.74, 6) is 0.764. The van der Waals surface area contributed by atoms with Crippen LogP contribution >= 0.6 is 11.8 Å². The Bertz CT molecular complexity index is 275. The minimum absolute atomic E-state index is 0.245. The molecule has 1 rings (SSSR count). The van der Waals surface area contributed by atoms with Crippen LogP contribution in [-0.4, -0.2) is 41.5 Å². The van der Waals surface area contributed by atoms with Gasteiger partial charge in [0.1, 0.15) is 0 Å². The number of aliphatic hydroxyl groups excluding tert-OH is 1. The SMILES string of the molecule is CCN(CC)CC(O)CSc1ccccc1. The van der Waals surface area contributed by atoms with Crippen LogP contribution in [0.15, 0.2) is 35.2 Å². The lowest BCUT2D eigenvalue weighted by atomic mass is 10.3. The fourth-order valence-electron chi connectivity index (χ4n) is 1.54.